The molecule has 1 atom stereocenters. The minimum absolute atomic E-state index is 0.130. The predicted molar refractivity (Wildman–Crippen MR) is 62.1 cm³/mol. The third kappa shape index (κ3) is 3.06. The quantitative estimate of drug-likeness (QED) is 0.516. The van der Waals surface area contributed by atoms with Crippen LogP contribution >= 0.6 is 0 Å². The van der Waals surface area contributed by atoms with Gasteiger partial charge in [-0.25, -0.2) is 0 Å². The number of ether oxygens (including phenoxy) is 1. The van der Waals surface area contributed by atoms with Crippen LogP contribution in [0.3, 0.4) is 0 Å². The largest absolute Gasteiger partial charge is 0.451 e. The first kappa shape index (κ1) is 13.2. The molecule has 0 saturated heterocycles. The fourth-order valence-electron chi connectivity index (χ4n) is 2.28. The number of carbonyl (C=O) groups excluding carboxylic acids is 2. The van der Waals surface area contributed by atoms with Crippen molar-refractivity contribution in [3.63, 3.8) is 0 Å². The van der Waals surface area contributed by atoms with E-state index in [1.807, 2.05) is 0 Å². The fraction of sp³-hybridized carbons (Fsp3) is 0.846. The molecule has 1 rings (SSSR count). The monoisotopic (exact) mass is 226 g/mol. The molecule has 0 aromatic carbocycles. The van der Waals surface area contributed by atoms with Crippen molar-refractivity contribution >= 4 is 11.8 Å². The standard InChI is InChI=1S/C13H22O3/c1-3-5-6-9-13(16-12(15)4-2)10-7-8-11(13)14/h3-10H2,1-2H3. The summed E-state index contributed by atoms with van der Waals surface area (Å²) in [6.07, 6.45) is 6.41. The van der Waals surface area contributed by atoms with Crippen LogP contribution in [0.25, 0.3) is 0 Å². The van der Waals surface area contributed by atoms with Crippen molar-refractivity contribution in [1.82, 2.24) is 0 Å². The van der Waals surface area contributed by atoms with Crippen molar-refractivity contribution in [3.8, 4) is 0 Å². The average molecular weight is 226 g/mol. The van der Waals surface area contributed by atoms with Gasteiger partial charge in [-0.2, -0.15) is 0 Å². The van der Waals surface area contributed by atoms with Crippen molar-refractivity contribution in [3.05, 3.63) is 0 Å². The van der Waals surface area contributed by atoms with Crippen LogP contribution in [0.2, 0.25) is 0 Å². The molecule has 1 aliphatic carbocycles. The third-order valence-corrected chi connectivity index (χ3v) is 3.27. The van der Waals surface area contributed by atoms with Crippen LogP contribution in [0, 0.1) is 0 Å². The summed E-state index contributed by atoms with van der Waals surface area (Å²) in [5.41, 5.74) is -0.762. The lowest BCUT2D eigenvalue weighted by Crippen LogP contribution is -2.39. The second-order valence-electron chi connectivity index (χ2n) is 4.56. The molecule has 1 unspecified atom stereocenters. The second-order valence-corrected chi connectivity index (χ2v) is 4.56. The van der Waals surface area contributed by atoms with Gasteiger partial charge < -0.3 is 4.74 Å². The van der Waals surface area contributed by atoms with Crippen LogP contribution in [0.15, 0.2) is 0 Å². The smallest absolute Gasteiger partial charge is 0.306 e. The lowest BCUT2D eigenvalue weighted by atomic mass is 9.93. The molecule has 0 aromatic heterocycles. The van der Waals surface area contributed by atoms with E-state index >= 15 is 0 Å². The Bertz CT molecular complexity index is 260. The number of esters is 1. The molecule has 3 nitrogen and oxygen atoms in total. The number of ketones is 1. The van der Waals surface area contributed by atoms with Crippen molar-refractivity contribution in [2.45, 2.75) is 70.8 Å². The zero-order valence-corrected chi connectivity index (χ0v) is 10.4. The maximum absolute atomic E-state index is 11.9. The summed E-state index contributed by atoms with van der Waals surface area (Å²) in [6.45, 7) is 3.89. The van der Waals surface area contributed by atoms with Gasteiger partial charge in [0, 0.05) is 12.8 Å². The number of unbranched alkanes of at least 4 members (excludes halogenated alkanes) is 2. The molecule has 16 heavy (non-hydrogen) atoms. The van der Waals surface area contributed by atoms with E-state index in [9.17, 15) is 9.59 Å². The maximum atomic E-state index is 11.9. The lowest BCUT2D eigenvalue weighted by Gasteiger charge is -2.27. The number of Topliss-reactive ketones (excluding diaryl/α,β-unsaturated/α-hetero) is 1. The van der Waals surface area contributed by atoms with Crippen LogP contribution in [-0.4, -0.2) is 17.4 Å². The van der Waals surface area contributed by atoms with Gasteiger partial charge in [0.2, 0.25) is 0 Å². The second kappa shape index (κ2) is 6.02. The molecule has 0 N–H and O–H groups in total. The molecule has 92 valence electrons. The minimum Gasteiger partial charge on any atom is -0.451 e. The van der Waals surface area contributed by atoms with Crippen LogP contribution in [-0.2, 0) is 14.3 Å². The summed E-state index contributed by atoms with van der Waals surface area (Å²) in [5.74, 6) is -0.114. The summed E-state index contributed by atoms with van der Waals surface area (Å²) in [6, 6.07) is 0. The van der Waals surface area contributed by atoms with Gasteiger partial charge in [0.25, 0.3) is 0 Å². The van der Waals surface area contributed by atoms with Gasteiger partial charge in [0.15, 0.2) is 11.4 Å². The van der Waals surface area contributed by atoms with E-state index in [0.717, 1.165) is 32.1 Å². The van der Waals surface area contributed by atoms with Gasteiger partial charge in [-0.05, 0) is 25.7 Å². The first-order chi connectivity index (χ1) is 7.64. The van der Waals surface area contributed by atoms with Crippen LogP contribution in [0.4, 0.5) is 0 Å². The lowest BCUT2D eigenvalue weighted by molar-refractivity contribution is -0.166. The Morgan fingerprint density at radius 1 is 1.38 bits per heavy atom. The number of hydrogen-bond acceptors (Lipinski definition) is 3. The molecule has 1 aliphatic rings. The van der Waals surface area contributed by atoms with Gasteiger partial charge >= 0.3 is 5.97 Å². The zero-order valence-electron chi connectivity index (χ0n) is 10.4. The highest BCUT2D eigenvalue weighted by Crippen LogP contribution is 2.35. The van der Waals surface area contributed by atoms with E-state index in [4.69, 9.17) is 4.74 Å². The van der Waals surface area contributed by atoms with Crippen molar-refractivity contribution < 1.29 is 14.3 Å². The van der Waals surface area contributed by atoms with E-state index in [1.54, 1.807) is 6.92 Å². The molecule has 1 fully saturated rings. The molecule has 1 saturated carbocycles. The highest BCUT2D eigenvalue weighted by Gasteiger charge is 2.44. The Labute approximate surface area is 97.5 Å². The van der Waals surface area contributed by atoms with E-state index in [2.05, 4.69) is 6.92 Å². The Balaban J connectivity index is 2.61. The van der Waals surface area contributed by atoms with Crippen LogP contribution < -0.4 is 0 Å². The van der Waals surface area contributed by atoms with Crippen molar-refractivity contribution in [2.75, 3.05) is 0 Å². The molecule has 0 radical (unpaired) electrons. The average Bonchev–Trinajstić information content (AvgIpc) is 2.61. The van der Waals surface area contributed by atoms with E-state index in [0.29, 0.717) is 19.3 Å². The molecule has 0 amide bonds. The van der Waals surface area contributed by atoms with Gasteiger partial charge in [-0.1, -0.05) is 26.7 Å². The van der Waals surface area contributed by atoms with E-state index in [1.165, 1.54) is 0 Å². The Morgan fingerprint density at radius 3 is 2.62 bits per heavy atom. The molecule has 0 heterocycles. The van der Waals surface area contributed by atoms with Gasteiger partial charge in [-0.15, -0.1) is 0 Å². The summed E-state index contributed by atoms with van der Waals surface area (Å²) in [7, 11) is 0. The molecule has 0 aromatic rings. The first-order valence-corrected chi connectivity index (χ1v) is 6.39. The minimum atomic E-state index is -0.762. The van der Waals surface area contributed by atoms with Crippen LogP contribution in [0.5, 0.6) is 0 Å². The van der Waals surface area contributed by atoms with Crippen LogP contribution in [0.1, 0.15) is 65.2 Å². The number of carbonyl (C=O) groups is 2. The Morgan fingerprint density at radius 2 is 2.12 bits per heavy atom. The maximum Gasteiger partial charge on any atom is 0.306 e. The molecular weight excluding hydrogens is 204 g/mol. The van der Waals surface area contributed by atoms with E-state index < -0.39 is 5.60 Å². The van der Waals surface area contributed by atoms with Gasteiger partial charge in [-0.3, -0.25) is 9.59 Å². The molecule has 0 spiro atoms. The normalized spacial score (nSPS) is 24.8. The topological polar surface area (TPSA) is 43.4 Å². The summed E-state index contributed by atoms with van der Waals surface area (Å²) < 4.78 is 5.42. The number of rotatable bonds is 6. The first-order valence-electron chi connectivity index (χ1n) is 6.39. The number of hydrogen-bond donors (Lipinski definition) is 0. The van der Waals surface area contributed by atoms with Gasteiger partial charge in [0.05, 0.1) is 0 Å². The summed E-state index contributed by atoms with van der Waals surface area (Å²) >= 11 is 0. The van der Waals surface area contributed by atoms with E-state index in [-0.39, 0.29) is 11.8 Å². The third-order valence-electron chi connectivity index (χ3n) is 3.27. The highest BCUT2D eigenvalue weighted by atomic mass is 16.6. The summed E-state index contributed by atoms with van der Waals surface area (Å²) in [5, 5.41) is 0. The van der Waals surface area contributed by atoms with Gasteiger partial charge in [0.1, 0.15) is 0 Å². The van der Waals surface area contributed by atoms with Crippen molar-refractivity contribution in [2.24, 2.45) is 0 Å². The fourth-order valence-corrected chi connectivity index (χ4v) is 2.28. The molecule has 0 aliphatic heterocycles. The molecule has 3 heteroatoms. The SMILES string of the molecule is CCCCCC1(OC(=O)CC)CCCC1=O. The molecule has 0 bridgehead atoms. The predicted octanol–water partition coefficient (Wildman–Crippen LogP) is 3.01. The summed E-state index contributed by atoms with van der Waals surface area (Å²) in [4.78, 5) is 23.2. The van der Waals surface area contributed by atoms with Crippen molar-refractivity contribution in [1.29, 1.82) is 0 Å². The highest BCUT2D eigenvalue weighted by molar-refractivity contribution is 5.91. The zero-order chi connectivity index (χ0) is 12.0. The Hall–Kier alpha value is -0.860. The Kier molecular flexibility index (Phi) is 4.97. The molecular formula is C13H22O3.